The molecule has 46 valence electrons. The van der Waals surface area contributed by atoms with Crippen LogP contribution >= 0.6 is 11.8 Å². The Hall–Kier alpha value is 0.155. The molecule has 2 heteroatoms. The molecule has 0 rings (SSSR count). The largest absolute Gasteiger partial charge is 0.166 e. The van der Waals surface area contributed by atoms with Crippen molar-refractivity contribution in [2.24, 2.45) is 0 Å². The fraction of sp³-hybridized carbons (Fsp3) is 0.667. The van der Waals surface area contributed by atoms with Gasteiger partial charge in [0.15, 0.2) is 0 Å². The van der Waals surface area contributed by atoms with E-state index < -0.39 is 0 Å². The van der Waals surface area contributed by atoms with Crippen molar-refractivity contribution in [3.05, 3.63) is 12.2 Å². The zero-order valence-electron chi connectivity index (χ0n) is 5.85. The van der Waals surface area contributed by atoms with E-state index in [0.29, 0.717) is 0 Å². The van der Waals surface area contributed by atoms with Crippen LogP contribution < -0.4 is 0 Å². The highest BCUT2D eigenvalue weighted by Gasteiger charge is 1.91. The van der Waals surface area contributed by atoms with Crippen molar-refractivity contribution < 1.29 is 0 Å². The van der Waals surface area contributed by atoms with Crippen molar-refractivity contribution in [3.8, 4) is 0 Å². The van der Waals surface area contributed by atoms with E-state index in [9.17, 15) is 0 Å². The fourth-order valence-electron chi connectivity index (χ4n) is 0.647. The standard InChI is InChI=1S/C6H13BS/c1-3-4-6(7)5-8-2/h3-4,6H,5,7H2,1-2H3/b4-3+. The Balaban J connectivity index is 3.17. The second-order valence-electron chi connectivity index (χ2n) is 1.96. The Labute approximate surface area is 57.1 Å². The summed E-state index contributed by atoms with van der Waals surface area (Å²) in [5, 5.41) is 0. The van der Waals surface area contributed by atoms with E-state index in [1.807, 2.05) is 11.8 Å². The molecule has 0 N–H and O–H groups in total. The van der Waals surface area contributed by atoms with Crippen LogP contribution in [-0.2, 0) is 0 Å². The van der Waals surface area contributed by atoms with E-state index >= 15 is 0 Å². The van der Waals surface area contributed by atoms with E-state index in [1.54, 1.807) is 0 Å². The Morgan fingerprint density at radius 3 is 2.75 bits per heavy atom. The quantitative estimate of drug-likeness (QED) is 0.408. The molecule has 0 saturated heterocycles. The van der Waals surface area contributed by atoms with Crippen molar-refractivity contribution in [2.45, 2.75) is 12.7 Å². The molecule has 0 nitrogen and oxygen atoms in total. The lowest BCUT2D eigenvalue weighted by Gasteiger charge is -1.99. The molecule has 0 bridgehead atoms. The van der Waals surface area contributed by atoms with Crippen LogP contribution in [0.3, 0.4) is 0 Å². The van der Waals surface area contributed by atoms with Crippen molar-refractivity contribution in [1.29, 1.82) is 0 Å². The second kappa shape index (κ2) is 5.29. The van der Waals surface area contributed by atoms with Crippen LogP contribution in [0.2, 0.25) is 5.82 Å². The first-order valence-electron chi connectivity index (χ1n) is 2.93. The molecule has 0 saturated carbocycles. The maximum atomic E-state index is 2.23. The van der Waals surface area contributed by atoms with Gasteiger partial charge in [0.2, 0.25) is 0 Å². The number of hydrogen-bond acceptors (Lipinski definition) is 1. The molecule has 0 aliphatic rings. The van der Waals surface area contributed by atoms with Gasteiger partial charge < -0.3 is 0 Å². The molecule has 0 amide bonds. The van der Waals surface area contributed by atoms with Crippen LogP contribution in [0.1, 0.15) is 6.92 Å². The van der Waals surface area contributed by atoms with Gasteiger partial charge in [-0.15, -0.1) is 0 Å². The zero-order valence-corrected chi connectivity index (χ0v) is 6.66. The molecule has 0 fully saturated rings. The van der Waals surface area contributed by atoms with Crippen molar-refractivity contribution in [2.75, 3.05) is 12.0 Å². The van der Waals surface area contributed by atoms with Crippen LogP contribution in [0.4, 0.5) is 0 Å². The second-order valence-corrected chi connectivity index (χ2v) is 2.87. The number of allylic oxidation sites excluding steroid dienone is 2. The number of rotatable bonds is 3. The molecule has 1 atom stereocenters. The highest BCUT2D eigenvalue weighted by Crippen LogP contribution is 2.07. The Morgan fingerprint density at radius 1 is 1.75 bits per heavy atom. The molecule has 8 heavy (non-hydrogen) atoms. The summed E-state index contributed by atoms with van der Waals surface area (Å²) in [5.74, 6) is 1.99. The van der Waals surface area contributed by atoms with Gasteiger partial charge in [0.1, 0.15) is 7.85 Å². The predicted molar refractivity (Wildman–Crippen MR) is 45.5 cm³/mol. The third-order valence-corrected chi connectivity index (χ3v) is 1.81. The molecule has 0 aromatic heterocycles. The minimum absolute atomic E-state index is 0.745. The highest BCUT2D eigenvalue weighted by atomic mass is 32.2. The van der Waals surface area contributed by atoms with Gasteiger partial charge in [-0.2, -0.15) is 11.8 Å². The van der Waals surface area contributed by atoms with Gasteiger partial charge in [0.05, 0.1) is 0 Å². The average Bonchev–Trinajstić information content (AvgIpc) is 1.68. The molecule has 0 aliphatic heterocycles. The van der Waals surface area contributed by atoms with Crippen molar-refractivity contribution >= 4 is 19.6 Å². The minimum Gasteiger partial charge on any atom is -0.166 e. The first-order chi connectivity index (χ1) is 3.81. The Bertz CT molecular complexity index is 70.9. The van der Waals surface area contributed by atoms with E-state index in [4.69, 9.17) is 0 Å². The molecule has 0 heterocycles. The maximum Gasteiger partial charge on any atom is 0.111 e. The Kier molecular flexibility index (Phi) is 5.40. The summed E-state index contributed by atoms with van der Waals surface area (Å²) < 4.78 is 0. The van der Waals surface area contributed by atoms with E-state index in [2.05, 4.69) is 33.2 Å². The van der Waals surface area contributed by atoms with Crippen LogP contribution in [0.5, 0.6) is 0 Å². The molecule has 1 unspecified atom stereocenters. The van der Waals surface area contributed by atoms with Gasteiger partial charge in [0, 0.05) is 0 Å². The third-order valence-electron chi connectivity index (χ3n) is 0.951. The molecule has 0 aliphatic carbocycles. The van der Waals surface area contributed by atoms with Crippen LogP contribution in [0.25, 0.3) is 0 Å². The summed E-state index contributed by atoms with van der Waals surface area (Å²) in [7, 11) is 2.23. The monoisotopic (exact) mass is 128 g/mol. The molecule has 0 aromatic carbocycles. The van der Waals surface area contributed by atoms with Crippen LogP contribution in [-0.4, -0.2) is 19.9 Å². The molecule has 0 radical (unpaired) electrons. The lowest BCUT2D eigenvalue weighted by atomic mass is 9.89. The van der Waals surface area contributed by atoms with Gasteiger partial charge in [-0.25, -0.2) is 0 Å². The normalized spacial score (nSPS) is 14.8. The molecular weight excluding hydrogens is 115 g/mol. The first-order valence-corrected chi connectivity index (χ1v) is 4.32. The number of thioether (sulfide) groups is 1. The van der Waals surface area contributed by atoms with E-state index in [0.717, 1.165) is 5.82 Å². The lowest BCUT2D eigenvalue weighted by Crippen LogP contribution is -1.89. The molecule has 0 spiro atoms. The summed E-state index contributed by atoms with van der Waals surface area (Å²) in [6.07, 6.45) is 6.48. The van der Waals surface area contributed by atoms with Gasteiger partial charge >= 0.3 is 0 Å². The van der Waals surface area contributed by atoms with Crippen molar-refractivity contribution in [3.63, 3.8) is 0 Å². The minimum atomic E-state index is 0.745. The van der Waals surface area contributed by atoms with E-state index in [-0.39, 0.29) is 0 Å². The van der Waals surface area contributed by atoms with Crippen molar-refractivity contribution in [1.82, 2.24) is 0 Å². The van der Waals surface area contributed by atoms with Gasteiger partial charge in [-0.1, -0.05) is 12.2 Å². The lowest BCUT2D eigenvalue weighted by molar-refractivity contribution is 1.22. The summed E-state index contributed by atoms with van der Waals surface area (Å²) in [5.41, 5.74) is 0. The van der Waals surface area contributed by atoms with Gasteiger partial charge in [-0.05, 0) is 24.7 Å². The maximum absolute atomic E-state index is 2.23. The fourth-order valence-corrected chi connectivity index (χ4v) is 1.28. The van der Waals surface area contributed by atoms with Crippen LogP contribution in [0.15, 0.2) is 12.2 Å². The smallest absolute Gasteiger partial charge is 0.111 e. The first kappa shape index (κ1) is 8.15. The topological polar surface area (TPSA) is 0 Å². The average molecular weight is 128 g/mol. The summed E-state index contributed by atoms with van der Waals surface area (Å²) >= 11 is 1.90. The SMILES string of the molecule is BC(/C=C/C)CSC. The number of hydrogen-bond donors (Lipinski definition) is 0. The third kappa shape index (κ3) is 4.32. The van der Waals surface area contributed by atoms with Gasteiger partial charge in [-0.3, -0.25) is 0 Å². The van der Waals surface area contributed by atoms with Crippen LogP contribution in [0, 0.1) is 0 Å². The highest BCUT2D eigenvalue weighted by molar-refractivity contribution is 7.98. The molecule has 0 aromatic rings. The van der Waals surface area contributed by atoms with Gasteiger partial charge in [0.25, 0.3) is 0 Å². The Morgan fingerprint density at radius 2 is 2.38 bits per heavy atom. The van der Waals surface area contributed by atoms with E-state index in [1.165, 1.54) is 5.75 Å². The zero-order chi connectivity index (χ0) is 6.41. The summed E-state index contributed by atoms with van der Waals surface area (Å²) in [4.78, 5) is 0. The summed E-state index contributed by atoms with van der Waals surface area (Å²) in [6.45, 7) is 2.07. The molecular formula is C6H13BS. The predicted octanol–water partition coefficient (Wildman–Crippen LogP) is 1.35. The summed E-state index contributed by atoms with van der Waals surface area (Å²) in [6, 6.07) is 0.